The fourth-order valence-electron chi connectivity index (χ4n) is 5.29. The van der Waals surface area contributed by atoms with E-state index in [1.165, 1.54) is 29.5 Å². The average Bonchev–Trinajstić information content (AvgIpc) is 2.80. The number of nitrogens with zero attached hydrogens (tertiary/aromatic N) is 2. The third kappa shape index (κ3) is 5.26. The summed E-state index contributed by atoms with van der Waals surface area (Å²) in [6.45, 7) is 13.8. The maximum atomic E-state index is 9.60. The molecule has 4 rings (SSSR count). The number of rotatable bonds is 6. The van der Waals surface area contributed by atoms with Gasteiger partial charge in [0.15, 0.2) is 0 Å². The van der Waals surface area contributed by atoms with Crippen molar-refractivity contribution in [2.45, 2.75) is 89.3 Å². The number of hydrogen-bond donors (Lipinski definition) is 3. The molecule has 1 aromatic carbocycles. The van der Waals surface area contributed by atoms with Crippen molar-refractivity contribution in [2.75, 3.05) is 24.5 Å². The molecule has 5 heteroatoms. The fraction of sp³-hybridized carbons (Fsp3) is 0.607. The van der Waals surface area contributed by atoms with Gasteiger partial charge in [-0.3, -0.25) is 0 Å². The molecular weight excluding hydrogens is 408 g/mol. The van der Waals surface area contributed by atoms with E-state index in [-0.39, 0.29) is 16.9 Å². The number of fused-ring (bicyclic) bond motifs is 1. The van der Waals surface area contributed by atoms with Gasteiger partial charge in [-0.15, -0.1) is 0 Å². The van der Waals surface area contributed by atoms with E-state index in [1.807, 2.05) is 0 Å². The summed E-state index contributed by atoms with van der Waals surface area (Å²) in [4.78, 5) is 7.47. The first-order valence-corrected chi connectivity index (χ1v) is 12.6. The zero-order chi connectivity index (χ0) is 23.8. The van der Waals surface area contributed by atoms with Crippen LogP contribution >= 0.6 is 0 Å². The lowest BCUT2D eigenvalue weighted by molar-refractivity contribution is 0.159. The highest BCUT2D eigenvalue weighted by Crippen LogP contribution is 2.46. The smallest absolute Gasteiger partial charge is 0.129 e. The lowest BCUT2D eigenvalue weighted by atomic mass is 9.63. The summed E-state index contributed by atoms with van der Waals surface area (Å²) >= 11 is 0. The van der Waals surface area contributed by atoms with Gasteiger partial charge in [0.05, 0.1) is 11.8 Å². The minimum Gasteiger partial charge on any atom is -0.392 e. The Balaban J connectivity index is 1.47. The first-order chi connectivity index (χ1) is 15.6. The van der Waals surface area contributed by atoms with Crippen LogP contribution in [0.15, 0.2) is 36.4 Å². The van der Waals surface area contributed by atoms with Gasteiger partial charge in [-0.05, 0) is 72.8 Å². The fourth-order valence-corrected chi connectivity index (χ4v) is 5.29. The number of nitrogens with two attached hydrogens (primary N) is 1. The van der Waals surface area contributed by atoms with Crippen LogP contribution < -0.4 is 16.0 Å². The molecule has 0 saturated carbocycles. The third-order valence-corrected chi connectivity index (χ3v) is 7.96. The van der Waals surface area contributed by atoms with E-state index < -0.39 is 6.10 Å². The van der Waals surface area contributed by atoms with Crippen LogP contribution in [0.1, 0.15) is 71.4 Å². The lowest BCUT2D eigenvalue weighted by Crippen LogP contribution is -2.48. The van der Waals surface area contributed by atoms with Crippen LogP contribution in [-0.2, 0) is 10.8 Å². The molecule has 1 aliphatic heterocycles. The van der Waals surface area contributed by atoms with Crippen molar-refractivity contribution >= 4 is 5.82 Å². The van der Waals surface area contributed by atoms with Crippen LogP contribution in [0.25, 0.3) is 11.3 Å². The molecule has 0 unspecified atom stereocenters. The van der Waals surface area contributed by atoms with Crippen LogP contribution in [-0.4, -0.2) is 47.9 Å². The van der Waals surface area contributed by atoms with Gasteiger partial charge < -0.3 is 21.1 Å². The van der Waals surface area contributed by atoms with Gasteiger partial charge in [-0.2, -0.15) is 0 Å². The van der Waals surface area contributed by atoms with Gasteiger partial charge >= 0.3 is 0 Å². The van der Waals surface area contributed by atoms with Gasteiger partial charge in [0.2, 0.25) is 0 Å². The predicted molar refractivity (Wildman–Crippen MR) is 138 cm³/mol. The highest BCUT2D eigenvalue weighted by molar-refractivity contribution is 5.65. The van der Waals surface area contributed by atoms with E-state index in [0.717, 1.165) is 37.4 Å². The summed E-state index contributed by atoms with van der Waals surface area (Å²) in [5, 5.41) is 13.1. The van der Waals surface area contributed by atoms with Gasteiger partial charge in [-0.1, -0.05) is 45.9 Å². The third-order valence-electron chi connectivity index (χ3n) is 7.96. The van der Waals surface area contributed by atoms with Crippen molar-refractivity contribution in [1.29, 1.82) is 0 Å². The number of nitrogens with one attached hydrogen (secondary N) is 1. The van der Waals surface area contributed by atoms with Crippen LogP contribution in [0.5, 0.6) is 0 Å². The molecular formula is C28H42N4O. The monoisotopic (exact) mass is 450 g/mol. The molecule has 0 radical (unpaired) electrons. The number of piperidine rings is 1. The molecule has 33 heavy (non-hydrogen) atoms. The van der Waals surface area contributed by atoms with Gasteiger partial charge in [0.25, 0.3) is 0 Å². The number of benzene rings is 1. The molecule has 1 fully saturated rings. The summed E-state index contributed by atoms with van der Waals surface area (Å²) in [5.41, 5.74) is 11.6. The van der Waals surface area contributed by atoms with Crippen LogP contribution in [0.2, 0.25) is 0 Å². The molecule has 0 amide bonds. The second-order valence-electron chi connectivity index (χ2n) is 11.5. The highest BCUT2D eigenvalue weighted by Gasteiger charge is 2.37. The second-order valence-corrected chi connectivity index (χ2v) is 11.5. The van der Waals surface area contributed by atoms with Crippen molar-refractivity contribution in [1.82, 2.24) is 10.3 Å². The van der Waals surface area contributed by atoms with E-state index in [4.69, 9.17) is 10.7 Å². The van der Waals surface area contributed by atoms with E-state index in [1.54, 1.807) is 6.92 Å². The molecule has 2 aromatic rings. The van der Waals surface area contributed by atoms with Gasteiger partial charge in [0, 0.05) is 37.3 Å². The lowest BCUT2D eigenvalue weighted by Gasteiger charge is -2.42. The minimum atomic E-state index is -0.482. The maximum absolute atomic E-state index is 9.60. The van der Waals surface area contributed by atoms with E-state index in [9.17, 15) is 5.11 Å². The van der Waals surface area contributed by atoms with Crippen LogP contribution in [0, 0.1) is 0 Å². The summed E-state index contributed by atoms with van der Waals surface area (Å²) in [6.07, 6.45) is 4.08. The Kier molecular flexibility index (Phi) is 6.86. The Bertz CT molecular complexity index is 960. The molecule has 1 aromatic heterocycles. The molecule has 0 bridgehead atoms. The Morgan fingerprint density at radius 2 is 1.73 bits per heavy atom. The maximum Gasteiger partial charge on any atom is 0.129 e. The Morgan fingerprint density at radius 1 is 1.06 bits per heavy atom. The topological polar surface area (TPSA) is 74.4 Å². The number of pyridine rings is 1. The Morgan fingerprint density at radius 3 is 2.39 bits per heavy atom. The summed E-state index contributed by atoms with van der Waals surface area (Å²) in [7, 11) is 0. The summed E-state index contributed by atoms with van der Waals surface area (Å²) < 4.78 is 0. The molecule has 4 N–H and O–H groups in total. The van der Waals surface area contributed by atoms with Gasteiger partial charge in [-0.25, -0.2) is 4.98 Å². The van der Waals surface area contributed by atoms with Gasteiger partial charge in [0.1, 0.15) is 5.82 Å². The zero-order valence-corrected chi connectivity index (χ0v) is 21.1. The van der Waals surface area contributed by atoms with Crippen LogP contribution in [0.3, 0.4) is 0 Å². The molecule has 180 valence electrons. The van der Waals surface area contributed by atoms with Crippen molar-refractivity contribution in [3.63, 3.8) is 0 Å². The number of aliphatic hydroxyl groups is 1. The van der Waals surface area contributed by atoms with E-state index in [0.29, 0.717) is 12.6 Å². The van der Waals surface area contributed by atoms with Crippen molar-refractivity contribution in [3.05, 3.63) is 47.5 Å². The Labute approximate surface area is 199 Å². The SMILES string of the molecule is C[C@@H](O)[C@H](N)CNC1CCN(c2cccc(-c3ccc4c(c3)C(C)(C)CCC4(C)C)n2)CC1. The molecule has 2 aliphatic rings. The molecule has 0 spiro atoms. The second kappa shape index (κ2) is 9.36. The normalized spacial score (nSPS) is 22.0. The summed E-state index contributed by atoms with van der Waals surface area (Å²) in [6, 6.07) is 13.6. The number of anilines is 1. The minimum absolute atomic E-state index is 0.198. The zero-order valence-electron chi connectivity index (χ0n) is 21.1. The Hall–Kier alpha value is -1.95. The number of hydrogen-bond acceptors (Lipinski definition) is 5. The first-order valence-electron chi connectivity index (χ1n) is 12.6. The highest BCUT2D eigenvalue weighted by atomic mass is 16.3. The van der Waals surface area contributed by atoms with Crippen molar-refractivity contribution in [3.8, 4) is 11.3 Å². The number of aliphatic hydroxyl groups excluding tert-OH is 1. The van der Waals surface area contributed by atoms with Crippen molar-refractivity contribution < 1.29 is 5.11 Å². The predicted octanol–water partition coefficient (Wildman–Crippen LogP) is 4.36. The van der Waals surface area contributed by atoms with Crippen LogP contribution in [0.4, 0.5) is 5.82 Å². The summed E-state index contributed by atoms with van der Waals surface area (Å²) in [5.74, 6) is 1.06. The molecule has 5 nitrogen and oxygen atoms in total. The average molecular weight is 451 g/mol. The molecule has 1 saturated heterocycles. The standard InChI is InChI=1S/C28H42N4O/c1-19(33)24(29)18-30-21-11-15-32(16-12-21)26-8-6-7-25(31-26)20-9-10-22-23(17-20)28(4,5)14-13-27(22,2)3/h6-10,17,19,21,24,30,33H,11-16,18,29H2,1-5H3/t19-,24-/m1/s1. The van der Waals surface area contributed by atoms with Crippen molar-refractivity contribution in [2.24, 2.45) is 5.73 Å². The quantitative estimate of drug-likeness (QED) is 0.610. The largest absolute Gasteiger partial charge is 0.392 e. The molecule has 2 atom stereocenters. The van der Waals surface area contributed by atoms with E-state index in [2.05, 4.69) is 74.3 Å². The molecule has 2 heterocycles. The first kappa shape index (κ1) is 24.2. The van der Waals surface area contributed by atoms with E-state index >= 15 is 0 Å². The number of aromatic nitrogens is 1. The molecule has 1 aliphatic carbocycles.